The molecule has 0 aliphatic heterocycles. The van der Waals surface area contributed by atoms with Gasteiger partial charge in [0.1, 0.15) is 6.04 Å². The van der Waals surface area contributed by atoms with Gasteiger partial charge < -0.3 is 10.1 Å². The second-order valence-electron chi connectivity index (χ2n) is 3.57. The van der Waals surface area contributed by atoms with Gasteiger partial charge in [0.2, 0.25) is 0 Å². The smallest absolute Gasteiger partial charge is 0.325 e. The summed E-state index contributed by atoms with van der Waals surface area (Å²) in [7, 11) is 3.07. The van der Waals surface area contributed by atoms with Crippen molar-refractivity contribution in [3.05, 3.63) is 16.9 Å². The average molecular weight is 246 g/mol. The molecule has 2 atom stereocenters. The van der Waals surface area contributed by atoms with Gasteiger partial charge in [0.25, 0.3) is 0 Å². The molecule has 1 N–H and O–H groups in total. The van der Waals surface area contributed by atoms with Crippen molar-refractivity contribution in [3.8, 4) is 0 Å². The fraction of sp³-hybridized carbons (Fsp3) is 0.600. The third kappa shape index (κ3) is 2.54. The van der Waals surface area contributed by atoms with E-state index in [9.17, 15) is 4.79 Å². The molecule has 6 heteroatoms. The topological polar surface area (TPSA) is 56.1 Å². The number of rotatable bonds is 4. The summed E-state index contributed by atoms with van der Waals surface area (Å²) >= 11 is 5.91. The van der Waals surface area contributed by atoms with Gasteiger partial charge >= 0.3 is 5.97 Å². The molecule has 0 aromatic carbocycles. The van der Waals surface area contributed by atoms with Crippen LogP contribution in [0.4, 0.5) is 0 Å². The summed E-state index contributed by atoms with van der Waals surface area (Å²) in [5, 5.41) is 7.72. The van der Waals surface area contributed by atoms with Crippen molar-refractivity contribution >= 4 is 17.6 Å². The van der Waals surface area contributed by atoms with E-state index in [0.717, 1.165) is 5.69 Å². The molecule has 16 heavy (non-hydrogen) atoms. The lowest BCUT2D eigenvalue weighted by atomic mass is 10.1. The molecule has 1 rings (SSSR count). The van der Waals surface area contributed by atoms with E-state index in [1.54, 1.807) is 17.9 Å². The number of hydrogen-bond acceptors (Lipinski definition) is 4. The number of hydrogen-bond donors (Lipinski definition) is 1. The van der Waals surface area contributed by atoms with Crippen molar-refractivity contribution in [3.63, 3.8) is 0 Å². The Morgan fingerprint density at radius 2 is 2.31 bits per heavy atom. The number of methoxy groups -OCH3 is 1. The quantitative estimate of drug-likeness (QED) is 0.809. The van der Waals surface area contributed by atoms with Crippen LogP contribution in [0.25, 0.3) is 0 Å². The zero-order valence-electron chi connectivity index (χ0n) is 9.82. The van der Waals surface area contributed by atoms with Crippen molar-refractivity contribution < 1.29 is 9.53 Å². The number of ether oxygens (including phenoxy) is 1. The van der Waals surface area contributed by atoms with Crippen LogP contribution in [0.5, 0.6) is 0 Å². The number of nitrogens with one attached hydrogen (secondary N) is 1. The van der Waals surface area contributed by atoms with Crippen molar-refractivity contribution in [2.24, 2.45) is 0 Å². The highest BCUT2D eigenvalue weighted by atomic mass is 35.5. The zero-order chi connectivity index (χ0) is 12.3. The van der Waals surface area contributed by atoms with Crippen LogP contribution in [0.2, 0.25) is 5.02 Å². The molecule has 1 aromatic heterocycles. The van der Waals surface area contributed by atoms with Gasteiger partial charge in [-0.1, -0.05) is 11.6 Å². The van der Waals surface area contributed by atoms with E-state index in [1.165, 1.54) is 7.11 Å². The van der Waals surface area contributed by atoms with E-state index >= 15 is 0 Å². The fourth-order valence-electron chi connectivity index (χ4n) is 1.50. The SMILES string of the molecule is CNC(C(=O)OC)C(C)n1cc(Cl)c(C)n1. The number of carbonyl (C=O) groups excluding carboxylic acids is 1. The third-order valence-electron chi connectivity index (χ3n) is 2.52. The second kappa shape index (κ2) is 5.32. The molecule has 5 nitrogen and oxygen atoms in total. The summed E-state index contributed by atoms with van der Waals surface area (Å²) < 4.78 is 6.37. The Morgan fingerprint density at radius 3 is 2.69 bits per heavy atom. The van der Waals surface area contributed by atoms with E-state index in [0.29, 0.717) is 5.02 Å². The lowest BCUT2D eigenvalue weighted by Crippen LogP contribution is -2.41. The highest BCUT2D eigenvalue weighted by Crippen LogP contribution is 2.18. The molecule has 0 spiro atoms. The molecule has 2 unspecified atom stereocenters. The Kier molecular flexibility index (Phi) is 4.32. The number of nitrogens with zero attached hydrogens (tertiary/aromatic N) is 2. The molecule has 0 amide bonds. The maximum Gasteiger partial charge on any atom is 0.325 e. The highest BCUT2D eigenvalue weighted by molar-refractivity contribution is 6.31. The Labute approximate surface area is 99.7 Å². The Bertz CT molecular complexity index is 359. The van der Waals surface area contributed by atoms with E-state index in [1.807, 2.05) is 13.8 Å². The van der Waals surface area contributed by atoms with E-state index in [4.69, 9.17) is 16.3 Å². The number of aromatic nitrogens is 2. The number of likely N-dealkylation sites (N-methyl/N-ethyl adjacent to an activating group) is 1. The normalized spacial score (nSPS) is 14.6. The number of aryl methyl sites for hydroxylation is 1. The van der Waals surface area contributed by atoms with Crippen LogP contribution in [0, 0.1) is 6.92 Å². The lowest BCUT2D eigenvalue weighted by Gasteiger charge is -2.21. The Balaban J connectivity index is 2.90. The van der Waals surface area contributed by atoms with Crippen LogP contribution in [-0.2, 0) is 9.53 Å². The largest absolute Gasteiger partial charge is 0.468 e. The number of carbonyl (C=O) groups is 1. The van der Waals surface area contributed by atoms with Gasteiger partial charge in [0, 0.05) is 6.20 Å². The molecular weight excluding hydrogens is 230 g/mol. The molecule has 0 radical (unpaired) electrons. The van der Waals surface area contributed by atoms with Gasteiger partial charge in [-0.3, -0.25) is 9.48 Å². The summed E-state index contributed by atoms with van der Waals surface area (Å²) in [4.78, 5) is 11.5. The Morgan fingerprint density at radius 1 is 1.69 bits per heavy atom. The van der Waals surface area contributed by atoms with Gasteiger partial charge in [-0.05, 0) is 20.9 Å². The maximum atomic E-state index is 11.5. The molecule has 0 saturated heterocycles. The zero-order valence-corrected chi connectivity index (χ0v) is 10.6. The molecule has 0 aliphatic carbocycles. The van der Waals surface area contributed by atoms with Crippen LogP contribution in [0.3, 0.4) is 0 Å². The first-order valence-corrected chi connectivity index (χ1v) is 5.35. The minimum Gasteiger partial charge on any atom is -0.468 e. The number of halogens is 1. The van der Waals surface area contributed by atoms with Crippen LogP contribution in [-0.4, -0.2) is 35.9 Å². The first-order chi connectivity index (χ1) is 7.51. The lowest BCUT2D eigenvalue weighted by molar-refractivity contribution is -0.144. The van der Waals surface area contributed by atoms with E-state index in [2.05, 4.69) is 10.4 Å². The maximum absolute atomic E-state index is 11.5. The summed E-state index contributed by atoms with van der Waals surface area (Å²) in [6.45, 7) is 3.69. The standard InChI is InChI=1S/C10H16ClN3O2/c1-6-8(11)5-14(13-6)7(2)9(12-3)10(15)16-4/h5,7,9,12H,1-4H3. The third-order valence-corrected chi connectivity index (χ3v) is 2.89. The highest BCUT2D eigenvalue weighted by Gasteiger charge is 2.26. The Hall–Kier alpha value is -1.07. The molecule has 1 heterocycles. The summed E-state index contributed by atoms with van der Waals surface area (Å²) in [5.74, 6) is -0.320. The summed E-state index contributed by atoms with van der Waals surface area (Å²) in [5.41, 5.74) is 0.744. The van der Waals surface area contributed by atoms with Crippen molar-refractivity contribution in [1.29, 1.82) is 0 Å². The van der Waals surface area contributed by atoms with E-state index < -0.39 is 6.04 Å². The molecule has 0 fully saturated rings. The fourth-order valence-corrected chi connectivity index (χ4v) is 1.64. The number of esters is 1. The van der Waals surface area contributed by atoms with Crippen molar-refractivity contribution in [1.82, 2.24) is 15.1 Å². The van der Waals surface area contributed by atoms with Crippen LogP contribution in [0.15, 0.2) is 6.20 Å². The molecular formula is C10H16ClN3O2. The first kappa shape index (κ1) is 13.0. The van der Waals surface area contributed by atoms with Gasteiger partial charge in [-0.2, -0.15) is 5.10 Å². The minimum atomic E-state index is -0.444. The molecule has 1 aromatic rings. The van der Waals surface area contributed by atoms with E-state index in [-0.39, 0.29) is 12.0 Å². The predicted molar refractivity (Wildman–Crippen MR) is 61.5 cm³/mol. The van der Waals surface area contributed by atoms with Crippen molar-refractivity contribution in [2.45, 2.75) is 25.9 Å². The van der Waals surface area contributed by atoms with Gasteiger partial charge in [0.05, 0.1) is 23.9 Å². The monoisotopic (exact) mass is 245 g/mol. The predicted octanol–water partition coefficient (Wildman–Crippen LogP) is 1.17. The van der Waals surface area contributed by atoms with Gasteiger partial charge in [-0.15, -0.1) is 0 Å². The first-order valence-electron chi connectivity index (χ1n) is 4.97. The minimum absolute atomic E-state index is 0.163. The molecule has 90 valence electrons. The summed E-state index contributed by atoms with van der Waals surface area (Å²) in [6.07, 6.45) is 1.70. The molecule has 0 saturated carbocycles. The van der Waals surface area contributed by atoms with Crippen LogP contribution in [0.1, 0.15) is 18.7 Å². The van der Waals surface area contributed by atoms with Gasteiger partial charge in [0.15, 0.2) is 0 Å². The second-order valence-corrected chi connectivity index (χ2v) is 3.98. The van der Waals surface area contributed by atoms with Crippen molar-refractivity contribution in [2.75, 3.05) is 14.2 Å². The van der Waals surface area contributed by atoms with Gasteiger partial charge in [-0.25, -0.2) is 0 Å². The van der Waals surface area contributed by atoms with Crippen LogP contribution < -0.4 is 5.32 Å². The average Bonchev–Trinajstić information content (AvgIpc) is 2.59. The van der Waals surface area contributed by atoms with Crippen LogP contribution >= 0.6 is 11.6 Å². The molecule has 0 aliphatic rings. The molecule has 0 bridgehead atoms. The summed E-state index contributed by atoms with van der Waals surface area (Å²) in [6, 6.07) is -0.607.